The summed E-state index contributed by atoms with van der Waals surface area (Å²) in [7, 11) is 3.80. The van der Waals surface area contributed by atoms with E-state index in [9.17, 15) is 0 Å². The van der Waals surface area contributed by atoms with Gasteiger partial charge in [0.1, 0.15) is 0 Å². The zero-order valence-corrected chi connectivity index (χ0v) is 14.3. The Kier molecular flexibility index (Phi) is 7.63. The summed E-state index contributed by atoms with van der Waals surface area (Å²) in [5.74, 6) is 2.27. The van der Waals surface area contributed by atoms with E-state index in [2.05, 4.69) is 50.4 Å². The summed E-state index contributed by atoms with van der Waals surface area (Å²) in [6, 6.07) is 9.47. The molecule has 0 aliphatic carbocycles. The number of ether oxygens (including phenoxy) is 1. The standard InChI is InChI=1S/C17H29NOS/c1-17(2,3)15-9-7-14(8-10-15)16(18-4)13-20-12-6-11-19-5/h7-10,16,18H,6,11-13H2,1-5H3. The smallest absolute Gasteiger partial charge is 0.0470 e. The van der Waals surface area contributed by atoms with Crippen LogP contribution in [0.3, 0.4) is 0 Å². The van der Waals surface area contributed by atoms with Crippen molar-refractivity contribution >= 4 is 11.8 Å². The maximum Gasteiger partial charge on any atom is 0.0470 e. The topological polar surface area (TPSA) is 21.3 Å². The first-order valence-electron chi connectivity index (χ1n) is 7.33. The number of rotatable bonds is 8. The van der Waals surface area contributed by atoms with E-state index >= 15 is 0 Å². The van der Waals surface area contributed by atoms with Crippen molar-refractivity contribution < 1.29 is 4.74 Å². The van der Waals surface area contributed by atoms with Crippen molar-refractivity contribution in [2.75, 3.05) is 32.3 Å². The van der Waals surface area contributed by atoms with Crippen molar-refractivity contribution in [2.45, 2.75) is 38.6 Å². The Hall–Kier alpha value is -0.510. The first-order valence-corrected chi connectivity index (χ1v) is 8.49. The van der Waals surface area contributed by atoms with Crippen molar-refractivity contribution in [3.8, 4) is 0 Å². The molecule has 1 atom stereocenters. The van der Waals surface area contributed by atoms with Gasteiger partial charge in [0, 0.05) is 25.5 Å². The lowest BCUT2D eigenvalue weighted by molar-refractivity contribution is 0.200. The van der Waals surface area contributed by atoms with Crippen LogP contribution in [0.15, 0.2) is 24.3 Å². The van der Waals surface area contributed by atoms with E-state index in [1.165, 1.54) is 11.1 Å². The van der Waals surface area contributed by atoms with Crippen LogP contribution in [0.1, 0.15) is 44.4 Å². The quantitative estimate of drug-likeness (QED) is 0.732. The summed E-state index contributed by atoms with van der Waals surface area (Å²) < 4.78 is 5.08. The van der Waals surface area contributed by atoms with Gasteiger partial charge in [-0.1, -0.05) is 45.0 Å². The average Bonchev–Trinajstić information content (AvgIpc) is 2.42. The molecule has 2 nitrogen and oxygen atoms in total. The van der Waals surface area contributed by atoms with Crippen molar-refractivity contribution in [3.05, 3.63) is 35.4 Å². The summed E-state index contributed by atoms with van der Waals surface area (Å²) in [5.41, 5.74) is 2.99. The van der Waals surface area contributed by atoms with E-state index < -0.39 is 0 Å². The second-order valence-corrected chi connectivity index (χ2v) is 7.28. The molecule has 0 aromatic heterocycles. The van der Waals surface area contributed by atoms with Gasteiger partial charge in [0.2, 0.25) is 0 Å². The highest BCUT2D eigenvalue weighted by Crippen LogP contribution is 2.25. The Morgan fingerprint density at radius 2 is 1.85 bits per heavy atom. The van der Waals surface area contributed by atoms with E-state index in [0.717, 1.165) is 24.5 Å². The lowest BCUT2D eigenvalue weighted by Gasteiger charge is -2.21. The van der Waals surface area contributed by atoms with Gasteiger partial charge in [0.15, 0.2) is 0 Å². The molecule has 1 rings (SSSR count). The van der Waals surface area contributed by atoms with Gasteiger partial charge >= 0.3 is 0 Å². The first kappa shape index (κ1) is 17.5. The van der Waals surface area contributed by atoms with E-state index in [4.69, 9.17) is 4.74 Å². The molecule has 20 heavy (non-hydrogen) atoms. The molecule has 0 aliphatic rings. The van der Waals surface area contributed by atoms with Crippen LogP contribution in [0.2, 0.25) is 0 Å². The molecule has 0 spiro atoms. The van der Waals surface area contributed by atoms with Crippen LogP contribution in [0.4, 0.5) is 0 Å². The van der Waals surface area contributed by atoms with Crippen LogP contribution in [0.5, 0.6) is 0 Å². The van der Waals surface area contributed by atoms with Gasteiger partial charge in [-0.3, -0.25) is 0 Å². The van der Waals surface area contributed by atoms with E-state index in [1.807, 2.05) is 18.8 Å². The molecule has 0 heterocycles. The molecule has 1 aromatic rings. The molecule has 0 amide bonds. The fourth-order valence-electron chi connectivity index (χ4n) is 2.07. The Labute approximate surface area is 128 Å². The van der Waals surface area contributed by atoms with E-state index in [0.29, 0.717) is 6.04 Å². The molecular formula is C17H29NOS. The molecule has 114 valence electrons. The lowest BCUT2D eigenvalue weighted by atomic mass is 9.86. The Balaban J connectivity index is 2.53. The van der Waals surface area contributed by atoms with Crippen LogP contribution in [0.25, 0.3) is 0 Å². The number of hydrogen-bond acceptors (Lipinski definition) is 3. The molecule has 0 saturated carbocycles. The maximum atomic E-state index is 5.08. The summed E-state index contributed by atoms with van der Waals surface area (Å²) in [6.07, 6.45) is 1.13. The minimum absolute atomic E-state index is 0.225. The van der Waals surface area contributed by atoms with Crippen molar-refractivity contribution in [3.63, 3.8) is 0 Å². The van der Waals surface area contributed by atoms with Gasteiger partial charge in [0.05, 0.1) is 0 Å². The molecule has 0 radical (unpaired) electrons. The highest BCUT2D eigenvalue weighted by atomic mass is 32.2. The predicted molar refractivity (Wildman–Crippen MR) is 90.8 cm³/mol. The third kappa shape index (κ3) is 5.86. The molecule has 0 aliphatic heterocycles. The first-order chi connectivity index (χ1) is 9.49. The SMILES string of the molecule is CNC(CSCCCOC)c1ccc(C(C)(C)C)cc1. The third-order valence-corrected chi connectivity index (χ3v) is 4.60. The van der Waals surface area contributed by atoms with Gasteiger partial charge in [0.25, 0.3) is 0 Å². The van der Waals surface area contributed by atoms with Gasteiger partial charge in [-0.15, -0.1) is 0 Å². The van der Waals surface area contributed by atoms with Crippen molar-refractivity contribution in [1.29, 1.82) is 0 Å². The summed E-state index contributed by atoms with van der Waals surface area (Å²) in [4.78, 5) is 0. The summed E-state index contributed by atoms with van der Waals surface area (Å²) in [5, 5.41) is 3.42. The number of hydrogen-bond donors (Lipinski definition) is 1. The van der Waals surface area contributed by atoms with Crippen LogP contribution in [0, 0.1) is 0 Å². The number of methoxy groups -OCH3 is 1. The molecule has 3 heteroatoms. The number of thioether (sulfide) groups is 1. The highest BCUT2D eigenvalue weighted by Gasteiger charge is 2.14. The second-order valence-electron chi connectivity index (χ2n) is 6.13. The molecular weight excluding hydrogens is 266 g/mol. The van der Waals surface area contributed by atoms with Crippen LogP contribution >= 0.6 is 11.8 Å². The van der Waals surface area contributed by atoms with Crippen molar-refractivity contribution in [2.24, 2.45) is 0 Å². The maximum absolute atomic E-state index is 5.08. The third-order valence-electron chi connectivity index (χ3n) is 3.45. The fraction of sp³-hybridized carbons (Fsp3) is 0.647. The van der Waals surface area contributed by atoms with Gasteiger partial charge < -0.3 is 10.1 Å². The number of benzene rings is 1. The normalized spacial score (nSPS) is 13.4. The minimum Gasteiger partial charge on any atom is -0.385 e. The molecule has 0 fully saturated rings. The zero-order valence-electron chi connectivity index (χ0n) is 13.5. The highest BCUT2D eigenvalue weighted by molar-refractivity contribution is 7.99. The second kappa shape index (κ2) is 8.71. The minimum atomic E-state index is 0.225. The molecule has 0 saturated heterocycles. The molecule has 1 N–H and O–H groups in total. The zero-order chi connectivity index (χ0) is 15.0. The summed E-state index contributed by atoms with van der Waals surface area (Å²) >= 11 is 1.99. The monoisotopic (exact) mass is 295 g/mol. The summed E-state index contributed by atoms with van der Waals surface area (Å²) in [6.45, 7) is 7.62. The van der Waals surface area contributed by atoms with E-state index in [-0.39, 0.29) is 5.41 Å². The largest absolute Gasteiger partial charge is 0.385 e. The van der Waals surface area contributed by atoms with Gasteiger partial charge in [-0.2, -0.15) is 11.8 Å². The molecule has 1 unspecified atom stereocenters. The Morgan fingerprint density at radius 3 is 2.35 bits per heavy atom. The number of nitrogens with one attached hydrogen (secondary N) is 1. The lowest BCUT2D eigenvalue weighted by Crippen LogP contribution is -2.19. The fourth-order valence-corrected chi connectivity index (χ4v) is 3.15. The van der Waals surface area contributed by atoms with Crippen LogP contribution in [-0.4, -0.2) is 32.3 Å². The average molecular weight is 295 g/mol. The van der Waals surface area contributed by atoms with Gasteiger partial charge in [-0.25, -0.2) is 0 Å². The van der Waals surface area contributed by atoms with Crippen LogP contribution in [-0.2, 0) is 10.2 Å². The van der Waals surface area contributed by atoms with Crippen molar-refractivity contribution in [1.82, 2.24) is 5.32 Å². The predicted octanol–water partition coefficient (Wildman–Crippen LogP) is 4.01. The van der Waals surface area contributed by atoms with E-state index in [1.54, 1.807) is 7.11 Å². The van der Waals surface area contributed by atoms with Crippen LogP contribution < -0.4 is 5.32 Å². The Morgan fingerprint density at radius 1 is 1.20 bits per heavy atom. The Bertz CT molecular complexity index is 370. The molecule has 1 aromatic carbocycles. The molecule has 0 bridgehead atoms. The van der Waals surface area contributed by atoms with Gasteiger partial charge in [-0.05, 0) is 35.8 Å².